The van der Waals surface area contributed by atoms with Gasteiger partial charge in [-0.2, -0.15) is 8.78 Å². The van der Waals surface area contributed by atoms with E-state index in [2.05, 4.69) is 15.0 Å². The van der Waals surface area contributed by atoms with Crippen LogP contribution in [-0.2, 0) is 10.0 Å². The number of carbonyl (C=O) groups excluding carboxylic acids is 1. The third-order valence-corrected chi connectivity index (χ3v) is 6.50. The largest absolute Gasteiger partial charge is 0.497 e. The Morgan fingerprint density at radius 3 is 2.43 bits per heavy atom. The van der Waals surface area contributed by atoms with Crippen molar-refractivity contribution >= 4 is 43.9 Å². The molecule has 0 radical (unpaired) electrons. The second kappa shape index (κ2) is 10.1. The van der Waals surface area contributed by atoms with Crippen molar-refractivity contribution in [2.24, 2.45) is 0 Å². The summed E-state index contributed by atoms with van der Waals surface area (Å²) in [6.07, 6.45) is 0. The number of sulfonamides is 1. The number of aromatic amines is 1. The molecule has 0 saturated carbocycles. The van der Waals surface area contributed by atoms with Crippen LogP contribution in [0.4, 0.5) is 25.8 Å². The summed E-state index contributed by atoms with van der Waals surface area (Å²) in [5.41, 5.74) is -0.0840. The summed E-state index contributed by atoms with van der Waals surface area (Å²) in [6.45, 7) is -3.03. The number of nitro benzene ring substituents is 1. The zero-order chi connectivity index (χ0) is 26.7. The van der Waals surface area contributed by atoms with E-state index in [4.69, 9.17) is 4.74 Å². The molecule has 0 saturated heterocycles. The predicted molar refractivity (Wildman–Crippen MR) is 129 cm³/mol. The first-order valence-electron chi connectivity index (χ1n) is 10.4. The number of aromatic nitrogens is 1. The Morgan fingerprint density at radius 2 is 1.78 bits per heavy atom. The summed E-state index contributed by atoms with van der Waals surface area (Å²) in [6, 6.07) is 14.7. The maximum absolute atomic E-state index is 12.8. The average molecular weight is 532 g/mol. The topological polar surface area (TPSA) is 153 Å². The monoisotopic (exact) mass is 532 g/mol. The number of halogens is 2. The molecule has 4 aromatic rings. The summed E-state index contributed by atoms with van der Waals surface area (Å²) >= 11 is 0. The lowest BCUT2D eigenvalue weighted by atomic mass is 10.1. The van der Waals surface area contributed by atoms with E-state index in [0.29, 0.717) is 11.4 Å². The van der Waals surface area contributed by atoms with Crippen LogP contribution in [0.5, 0.6) is 11.5 Å². The van der Waals surface area contributed by atoms with Crippen LogP contribution in [0.2, 0.25) is 0 Å². The van der Waals surface area contributed by atoms with Gasteiger partial charge < -0.3 is 19.8 Å². The van der Waals surface area contributed by atoms with Gasteiger partial charge in [0.15, 0.2) is 0 Å². The molecule has 14 heteroatoms. The number of nitro groups is 1. The van der Waals surface area contributed by atoms with Gasteiger partial charge in [-0.25, -0.2) is 13.1 Å². The molecule has 0 aliphatic carbocycles. The van der Waals surface area contributed by atoms with Crippen molar-refractivity contribution in [1.29, 1.82) is 0 Å². The van der Waals surface area contributed by atoms with E-state index in [-0.39, 0.29) is 38.6 Å². The van der Waals surface area contributed by atoms with Gasteiger partial charge in [-0.05, 0) is 48.5 Å². The summed E-state index contributed by atoms with van der Waals surface area (Å²) in [5, 5.41) is 14.7. The summed E-state index contributed by atoms with van der Waals surface area (Å²) in [7, 11) is -2.86. The molecule has 1 heterocycles. The van der Waals surface area contributed by atoms with Gasteiger partial charge in [-0.3, -0.25) is 14.9 Å². The molecule has 0 bridgehead atoms. The van der Waals surface area contributed by atoms with Gasteiger partial charge in [-0.1, -0.05) is 6.07 Å². The van der Waals surface area contributed by atoms with E-state index in [1.165, 1.54) is 67.8 Å². The van der Waals surface area contributed by atoms with Crippen LogP contribution < -0.4 is 19.5 Å². The van der Waals surface area contributed by atoms with Crippen molar-refractivity contribution in [3.8, 4) is 11.5 Å². The number of carbonyl (C=O) groups is 1. The van der Waals surface area contributed by atoms with Crippen LogP contribution in [0.3, 0.4) is 0 Å². The van der Waals surface area contributed by atoms with Gasteiger partial charge in [-0.15, -0.1) is 0 Å². The summed E-state index contributed by atoms with van der Waals surface area (Å²) in [4.78, 5) is 26.1. The highest BCUT2D eigenvalue weighted by molar-refractivity contribution is 7.90. The highest BCUT2D eigenvalue weighted by Crippen LogP contribution is 2.34. The highest BCUT2D eigenvalue weighted by atomic mass is 32.2. The van der Waals surface area contributed by atoms with Crippen molar-refractivity contribution in [3.05, 3.63) is 82.5 Å². The van der Waals surface area contributed by atoms with Crippen LogP contribution in [0.25, 0.3) is 10.9 Å². The minimum atomic E-state index is -4.27. The highest BCUT2D eigenvalue weighted by Gasteiger charge is 2.24. The molecule has 11 nitrogen and oxygen atoms in total. The molecule has 3 aromatic carbocycles. The van der Waals surface area contributed by atoms with Gasteiger partial charge in [0, 0.05) is 28.9 Å². The second-order valence-electron chi connectivity index (χ2n) is 7.50. The maximum atomic E-state index is 12.8. The number of anilines is 2. The molecule has 0 fully saturated rings. The van der Waals surface area contributed by atoms with Crippen molar-refractivity contribution in [2.75, 3.05) is 12.4 Å². The van der Waals surface area contributed by atoms with Crippen LogP contribution in [0, 0.1) is 10.1 Å². The number of rotatable bonds is 9. The first kappa shape index (κ1) is 25.4. The third-order valence-electron chi connectivity index (χ3n) is 5.15. The van der Waals surface area contributed by atoms with Crippen molar-refractivity contribution in [1.82, 2.24) is 9.71 Å². The standard InChI is InChI=1S/C23H18F2N4O7S/c1-35-14-5-7-16(8-6-14)37(33,34)28-22(30)19-12-17-18(9-10-20(29(31)32)21(17)27-19)26-13-3-2-4-15(11-13)36-23(24)25/h2-12,23,26-27H,1H3,(H,28,30). The molecule has 4 rings (SSSR count). The number of H-pyrrole nitrogens is 1. The fourth-order valence-electron chi connectivity index (χ4n) is 3.48. The fraction of sp³-hybridized carbons (Fsp3) is 0.0870. The van der Waals surface area contributed by atoms with E-state index in [1.54, 1.807) is 6.07 Å². The van der Waals surface area contributed by atoms with Crippen LogP contribution in [0.1, 0.15) is 10.5 Å². The molecule has 0 unspecified atom stereocenters. The minimum Gasteiger partial charge on any atom is -0.497 e. The van der Waals surface area contributed by atoms with Crippen LogP contribution >= 0.6 is 0 Å². The first-order chi connectivity index (χ1) is 17.6. The molecule has 1 amide bonds. The van der Waals surface area contributed by atoms with Gasteiger partial charge in [0.25, 0.3) is 21.6 Å². The van der Waals surface area contributed by atoms with E-state index >= 15 is 0 Å². The summed E-state index contributed by atoms with van der Waals surface area (Å²) < 4.78 is 61.7. The van der Waals surface area contributed by atoms with Crippen molar-refractivity contribution in [3.63, 3.8) is 0 Å². The van der Waals surface area contributed by atoms with Gasteiger partial charge in [0.1, 0.15) is 22.7 Å². The molecule has 3 N–H and O–H groups in total. The molecule has 0 aliphatic rings. The number of ether oxygens (including phenoxy) is 2. The van der Waals surface area contributed by atoms with E-state index in [1.807, 2.05) is 4.72 Å². The fourth-order valence-corrected chi connectivity index (χ4v) is 4.45. The number of hydrogen-bond donors (Lipinski definition) is 3. The lowest BCUT2D eigenvalue weighted by Gasteiger charge is -2.10. The number of methoxy groups -OCH3 is 1. The Labute approximate surface area is 208 Å². The predicted octanol–water partition coefficient (Wildman–Crippen LogP) is 4.55. The minimum absolute atomic E-state index is 0.0537. The smallest absolute Gasteiger partial charge is 0.387 e. The number of non-ortho nitro benzene ring substituents is 1. The van der Waals surface area contributed by atoms with Crippen molar-refractivity contribution in [2.45, 2.75) is 11.5 Å². The number of alkyl halides is 2. The quantitative estimate of drug-likeness (QED) is 0.210. The average Bonchev–Trinajstić information content (AvgIpc) is 3.30. The molecular formula is C23H18F2N4O7S. The Kier molecular flexibility index (Phi) is 6.93. The third kappa shape index (κ3) is 5.59. The zero-order valence-electron chi connectivity index (χ0n) is 18.9. The van der Waals surface area contributed by atoms with Gasteiger partial charge >= 0.3 is 6.61 Å². The first-order valence-corrected chi connectivity index (χ1v) is 11.9. The lowest BCUT2D eigenvalue weighted by molar-refractivity contribution is -0.383. The number of amides is 1. The maximum Gasteiger partial charge on any atom is 0.387 e. The molecule has 1 aromatic heterocycles. The molecule has 0 atom stereocenters. The molecule has 192 valence electrons. The Balaban J connectivity index is 1.67. The number of fused-ring (bicyclic) bond motifs is 1. The van der Waals surface area contributed by atoms with Gasteiger partial charge in [0.2, 0.25) is 0 Å². The Bertz CT molecular complexity index is 1590. The molecule has 37 heavy (non-hydrogen) atoms. The van der Waals surface area contributed by atoms with E-state index in [0.717, 1.165) is 0 Å². The second-order valence-corrected chi connectivity index (χ2v) is 9.18. The van der Waals surface area contributed by atoms with Crippen molar-refractivity contribution < 1.29 is 36.4 Å². The van der Waals surface area contributed by atoms with E-state index in [9.17, 15) is 32.1 Å². The Hall–Kier alpha value is -4.72. The Morgan fingerprint density at radius 1 is 1.05 bits per heavy atom. The summed E-state index contributed by atoms with van der Waals surface area (Å²) in [5.74, 6) is -0.754. The number of nitrogens with one attached hydrogen (secondary N) is 3. The number of hydrogen-bond acceptors (Lipinski definition) is 8. The van der Waals surface area contributed by atoms with Crippen LogP contribution in [0.15, 0.2) is 71.6 Å². The molecule has 0 aliphatic heterocycles. The number of benzene rings is 3. The number of nitrogens with zero attached hydrogens (tertiary/aromatic N) is 1. The van der Waals surface area contributed by atoms with Gasteiger partial charge in [0.05, 0.1) is 16.9 Å². The molecular weight excluding hydrogens is 514 g/mol. The zero-order valence-corrected chi connectivity index (χ0v) is 19.7. The SMILES string of the molecule is COc1ccc(S(=O)(=O)NC(=O)c2cc3c(Nc4cccc(OC(F)F)c4)ccc([N+](=O)[O-])c3[nH]2)cc1. The van der Waals surface area contributed by atoms with Crippen LogP contribution in [-0.4, -0.2) is 38.0 Å². The molecule has 0 spiro atoms. The normalized spacial score (nSPS) is 11.4. The lowest BCUT2D eigenvalue weighted by Crippen LogP contribution is -2.30. The van der Waals surface area contributed by atoms with E-state index < -0.39 is 27.5 Å².